The number of alkyl halides is 3. The van der Waals surface area contributed by atoms with Gasteiger partial charge >= 0.3 is 6.18 Å². The summed E-state index contributed by atoms with van der Waals surface area (Å²) in [7, 11) is 0. The van der Waals surface area contributed by atoms with Crippen LogP contribution in [0.3, 0.4) is 0 Å². The zero-order chi connectivity index (χ0) is 20.1. The van der Waals surface area contributed by atoms with Gasteiger partial charge < -0.3 is 0 Å². The summed E-state index contributed by atoms with van der Waals surface area (Å²) in [5.74, 6) is 4.82. The predicted octanol–water partition coefficient (Wildman–Crippen LogP) is 4.56. The van der Waals surface area contributed by atoms with Crippen LogP contribution in [0.1, 0.15) is 11.1 Å². The molecule has 0 heterocycles. The van der Waals surface area contributed by atoms with Crippen molar-refractivity contribution < 1.29 is 17.6 Å². The summed E-state index contributed by atoms with van der Waals surface area (Å²) in [4.78, 5) is 4.20. The van der Waals surface area contributed by atoms with E-state index in [9.17, 15) is 17.6 Å². The van der Waals surface area contributed by atoms with Crippen LogP contribution < -0.4 is 16.8 Å². The number of para-hydroxylation sites is 1. The minimum absolute atomic E-state index is 0.0131. The molecule has 0 atom stereocenters. The topological polar surface area (TPSA) is 62.4 Å². The first-order valence-corrected chi connectivity index (χ1v) is 8.22. The Labute approximate surface area is 158 Å². The summed E-state index contributed by atoms with van der Waals surface area (Å²) in [5.41, 5.74) is 4.57. The maximum atomic E-state index is 14.0. The van der Waals surface area contributed by atoms with Crippen LogP contribution in [0.25, 0.3) is 11.1 Å². The number of benzene rings is 3. The number of nitrogens with two attached hydrogens (primary N) is 1. The first-order valence-electron chi connectivity index (χ1n) is 8.22. The number of halogens is 4. The molecule has 0 aliphatic heterocycles. The van der Waals surface area contributed by atoms with Crippen molar-refractivity contribution in [2.45, 2.75) is 6.18 Å². The molecule has 0 aromatic heterocycles. The van der Waals surface area contributed by atoms with Crippen LogP contribution in [-0.4, -0.2) is 5.84 Å². The molecular formula is C20H16F4N4. The van der Waals surface area contributed by atoms with E-state index in [1.54, 1.807) is 24.3 Å². The van der Waals surface area contributed by atoms with E-state index >= 15 is 0 Å². The highest BCUT2D eigenvalue weighted by atomic mass is 19.4. The average molecular weight is 388 g/mol. The van der Waals surface area contributed by atoms with Gasteiger partial charge in [-0.1, -0.05) is 54.6 Å². The molecule has 4 N–H and O–H groups in total. The predicted molar refractivity (Wildman–Crippen MR) is 99.9 cm³/mol. The molecule has 0 unspecified atom stereocenters. The van der Waals surface area contributed by atoms with Gasteiger partial charge in [-0.05, 0) is 29.3 Å². The fraction of sp³-hybridized carbons (Fsp3) is 0.0500. The minimum atomic E-state index is -4.54. The molecule has 0 bridgehead atoms. The standard InChI is InChI=1S/C20H16F4N4/c21-17-11-5-6-12-18(17)26-19(27-28-25)15-9-2-1-7-13(15)14-8-3-4-10-16(14)20(22,23)24/h1-12,28H,25H2,(H,26,27). The number of hydrogen-bond donors (Lipinski definition) is 3. The lowest BCUT2D eigenvalue weighted by atomic mass is 9.94. The van der Waals surface area contributed by atoms with Crippen LogP contribution in [0.15, 0.2) is 77.8 Å². The van der Waals surface area contributed by atoms with Gasteiger partial charge in [0.25, 0.3) is 0 Å². The van der Waals surface area contributed by atoms with Crippen LogP contribution in [-0.2, 0) is 6.18 Å². The van der Waals surface area contributed by atoms with Gasteiger partial charge in [-0.25, -0.2) is 9.38 Å². The number of hydrazine groups is 2. The Balaban J connectivity index is 2.21. The highest BCUT2D eigenvalue weighted by molar-refractivity contribution is 6.05. The van der Waals surface area contributed by atoms with Crippen molar-refractivity contribution in [2.75, 3.05) is 0 Å². The highest BCUT2D eigenvalue weighted by Crippen LogP contribution is 2.38. The minimum Gasteiger partial charge on any atom is -0.292 e. The maximum Gasteiger partial charge on any atom is 0.417 e. The van der Waals surface area contributed by atoms with Crippen molar-refractivity contribution in [1.29, 1.82) is 0 Å². The molecule has 0 spiro atoms. The Morgan fingerprint density at radius 2 is 1.43 bits per heavy atom. The smallest absolute Gasteiger partial charge is 0.292 e. The average Bonchev–Trinajstić information content (AvgIpc) is 2.68. The Bertz CT molecular complexity index is 999. The number of amidine groups is 1. The molecule has 3 aromatic carbocycles. The molecule has 8 heteroatoms. The Morgan fingerprint density at radius 3 is 2.11 bits per heavy atom. The lowest BCUT2D eigenvalue weighted by molar-refractivity contribution is -0.137. The lowest BCUT2D eigenvalue weighted by Gasteiger charge is -2.17. The van der Waals surface area contributed by atoms with Crippen molar-refractivity contribution in [1.82, 2.24) is 11.0 Å². The lowest BCUT2D eigenvalue weighted by Crippen LogP contribution is -2.42. The van der Waals surface area contributed by atoms with E-state index in [4.69, 9.17) is 5.84 Å². The molecule has 3 aromatic rings. The van der Waals surface area contributed by atoms with E-state index in [0.717, 1.165) is 6.07 Å². The van der Waals surface area contributed by atoms with Crippen molar-refractivity contribution in [3.8, 4) is 11.1 Å². The third-order valence-corrected chi connectivity index (χ3v) is 3.98. The van der Waals surface area contributed by atoms with E-state index in [1.807, 2.05) is 0 Å². The molecule has 0 saturated carbocycles. The first-order chi connectivity index (χ1) is 13.4. The number of hydrogen-bond acceptors (Lipinski definition) is 3. The Hall–Kier alpha value is -3.23. The second-order valence-electron chi connectivity index (χ2n) is 5.77. The third-order valence-electron chi connectivity index (χ3n) is 3.98. The molecular weight excluding hydrogens is 372 g/mol. The van der Waals surface area contributed by atoms with E-state index in [1.165, 1.54) is 42.5 Å². The third kappa shape index (κ3) is 4.19. The summed E-state index contributed by atoms with van der Waals surface area (Å²) in [6.07, 6.45) is -4.54. The van der Waals surface area contributed by atoms with E-state index in [-0.39, 0.29) is 22.6 Å². The highest BCUT2D eigenvalue weighted by Gasteiger charge is 2.33. The van der Waals surface area contributed by atoms with E-state index in [0.29, 0.717) is 5.56 Å². The van der Waals surface area contributed by atoms with Gasteiger partial charge in [0, 0.05) is 5.56 Å². The summed E-state index contributed by atoms with van der Waals surface area (Å²) < 4.78 is 54.5. The van der Waals surface area contributed by atoms with Crippen LogP contribution in [0.4, 0.5) is 23.2 Å². The quantitative estimate of drug-likeness (QED) is 0.202. The van der Waals surface area contributed by atoms with Gasteiger partial charge in [-0.2, -0.15) is 18.7 Å². The van der Waals surface area contributed by atoms with Gasteiger partial charge in [0.05, 0.1) is 5.56 Å². The van der Waals surface area contributed by atoms with Crippen LogP contribution >= 0.6 is 0 Å². The van der Waals surface area contributed by atoms with E-state index in [2.05, 4.69) is 16.0 Å². The molecule has 4 nitrogen and oxygen atoms in total. The van der Waals surface area contributed by atoms with Crippen molar-refractivity contribution in [3.05, 3.63) is 89.7 Å². The molecule has 0 aliphatic carbocycles. The molecule has 0 saturated heterocycles. The normalized spacial score (nSPS) is 12.1. The maximum absolute atomic E-state index is 14.0. The number of aliphatic imine (C=N–C) groups is 1. The van der Waals surface area contributed by atoms with Crippen molar-refractivity contribution >= 4 is 11.5 Å². The summed E-state index contributed by atoms with van der Waals surface area (Å²) in [5, 5.41) is 0. The number of rotatable bonds is 4. The van der Waals surface area contributed by atoms with Gasteiger partial charge in [0.1, 0.15) is 17.3 Å². The number of nitrogens with zero attached hydrogens (tertiary/aromatic N) is 1. The van der Waals surface area contributed by atoms with Crippen molar-refractivity contribution in [3.63, 3.8) is 0 Å². The van der Waals surface area contributed by atoms with Gasteiger partial charge in [-0.15, -0.1) is 0 Å². The second kappa shape index (κ2) is 8.20. The molecule has 0 radical (unpaired) electrons. The van der Waals surface area contributed by atoms with Crippen molar-refractivity contribution in [2.24, 2.45) is 10.8 Å². The molecule has 0 amide bonds. The second-order valence-corrected chi connectivity index (χ2v) is 5.77. The molecule has 144 valence electrons. The van der Waals surface area contributed by atoms with Gasteiger partial charge in [-0.3, -0.25) is 11.3 Å². The molecule has 3 rings (SSSR count). The molecule has 28 heavy (non-hydrogen) atoms. The first kappa shape index (κ1) is 19.5. The van der Waals surface area contributed by atoms with Gasteiger partial charge in [0.15, 0.2) is 0 Å². The summed E-state index contributed by atoms with van der Waals surface area (Å²) in [6, 6.07) is 17.4. The zero-order valence-electron chi connectivity index (χ0n) is 14.5. The van der Waals surface area contributed by atoms with Gasteiger partial charge in [0.2, 0.25) is 0 Å². The Kier molecular flexibility index (Phi) is 5.72. The van der Waals surface area contributed by atoms with E-state index < -0.39 is 17.6 Å². The monoisotopic (exact) mass is 388 g/mol. The van der Waals surface area contributed by atoms with Crippen LogP contribution in [0.5, 0.6) is 0 Å². The number of nitrogens with one attached hydrogen (secondary N) is 2. The van der Waals surface area contributed by atoms with Crippen LogP contribution in [0, 0.1) is 5.82 Å². The fourth-order valence-corrected chi connectivity index (χ4v) is 2.78. The van der Waals surface area contributed by atoms with Crippen LogP contribution in [0.2, 0.25) is 0 Å². The summed E-state index contributed by atoms with van der Waals surface area (Å²) >= 11 is 0. The largest absolute Gasteiger partial charge is 0.417 e. The zero-order valence-corrected chi connectivity index (χ0v) is 14.5. The fourth-order valence-electron chi connectivity index (χ4n) is 2.78. The molecule has 0 aliphatic rings. The molecule has 0 fully saturated rings. The Morgan fingerprint density at radius 1 is 0.821 bits per heavy atom. The summed E-state index contributed by atoms with van der Waals surface area (Å²) in [6.45, 7) is 0. The SMILES string of the molecule is NNNC(=Nc1ccccc1F)c1ccccc1-c1ccccc1C(F)(F)F.